The zero-order chi connectivity index (χ0) is 5.70. The normalized spacial score (nSPS) is 7.62. The average molecular weight is 292 g/mol. The van der Waals surface area contributed by atoms with Gasteiger partial charge in [0.15, 0.2) is 0 Å². The van der Waals surface area contributed by atoms with Gasteiger partial charge in [-0.15, -0.1) is 0 Å². The topological polar surface area (TPSA) is 43.4 Å². The van der Waals surface area contributed by atoms with Gasteiger partial charge in [0, 0.05) is 40.4 Å². The van der Waals surface area contributed by atoms with E-state index in [0.717, 1.165) is 6.42 Å². The molecule has 0 aromatic rings. The second-order valence-electron chi connectivity index (χ2n) is 1.06. The van der Waals surface area contributed by atoms with Crippen molar-refractivity contribution in [1.82, 2.24) is 0 Å². The first-order chi connectivity index (χ1) is 3.27. The summed E-state index contributed by atoms with van der Waals surface area (Å²) in [5.74, 6) is 0. The van der Waals surface area contributed by atoms with Crippen LogP contribution in [0.1, 0.15) is 13.3 Å². The molecule has 0 radical (unpaired) electrons. The number of hydrogen-bond donors (Lipinski definition) is 0. The molecule has 0 spiro atoms. The molecule has 0 aliphatic rings. The minimum atomic E-state index is -3.24. The summed E-state index contributed by atoms with van der Waals surface area (Å²) < 4.78 is 23.5. The van der Waals surface area contributed by atoms with E-state index in [0.29, 0.717) is 6.61 Å². The van der Waals surface area contributed by atoms with Crippen LogP contribution in [0.4, 0.5) is 0 Å². The van der Waals surface area contributed by atoms with Crippen LogP contribution in [0.25, 0.3) is 0 Å². The molecular weight excluding hydrogens is 285 g/mol. The SMILES string of the molecule is CCC[O][V](=[O])=[O].[Sm]. The van der Waals surface area contributed by atoms with Crippen LogP contribution in [0.3, 0.4) is 0 Å². The van der Waals surface area contributed by atoms with E-state index >= 15 is 0 Å². The van der Waals surface area contributed by atoms with Crippen LogP contribution in [-0.2, 0) is 26.4 Å². The maximum Gasteiger partial charge on any atom is 0 e. The first kappa shape index (κ1) is 12.2. The minimum absolute atomic E-state index is 0. The Morgan fingerprint density at radius 2 is 2.00 bits per heavy atom. The van der Waals surface area contributed by atoms with Gasteiger partial charge in [-0.2, -0.15) is 0 Å². The van der Waals surface area contributed by atoms with E-state index in [1.54, 1.807) is 0 Å². The van der Waals surface area contributed by atoms with Gasteiger partial charge in [-0.25, -0.2) is 0 Å². The molecule has 0 aromatic heterocycles. The molecule has 0 N–H and O–H groups in total. The van der Waals surface area contributed by atoms with Crippen LogP contribution >= 0.6 is 0 Å². The third kappa shape index (κ3) is 10.5. The summed E-state index contributed by atoms with van der Waals surface area (Å²) in [4.78, 5) is 0. The fourth-order valence-corrected chi connectivity index (χ4v) is 0.684. The van der Waals surface area contributed by atoms with Gasteiger partial charge >= 0.3 is 46.4 Å². The van der Waals surface area contributed by atoms with Crippen LogP contribution in [0.5, 0.6) is 0 Å². The molecular formula is C3H7O3SmV. The number of hydrogen-bond acceptors (Lipinski definition) is 3. The van der Waals surface area contributed by atoms with Crippen molar-refractivity contribution in [3.63, 3.8) is 0 Å². The van der Waals surface area contributed by atoms with Gasteiger partial charge in [0.2, 0.25) is 0 Å². The molecule has 0 heterocycles. The zero-order valence-corrected chi connectivity index (χ0v) is 8.51. The van der Waals surface area contributed by atoms with Gasteiger partial charge in [0.25, 0.3) is 0 Å². The molecule has 3 nitrogen and oxygen atoms in total. The van der Waals surface area contributed by atoms with Crippen molar-refractivity contribution in [2.75, 3.05) is 6.61 Å². The summed E-state index contributed by atoms with van der Waals surface area (Å²) in [5, 5.41) is 0. The first-order valence-electron chi connectivity index (χ1n) is 2.04. The van der Waals surface area contributed by atoms with Gasteiger partial charge < -0.3 is 0 Å². The molecule has 0 saturated heterocycles. The predicted molar refractivity (Wildman–Crippen MR) is 17.6 cm³/mol. The molecule has 5 heteroatoms. The Balaban J connectivity index is 0. The van der Waals surface area contributed by atoms with Crippen molar-refractivity contribution in [2.24, 2.45) is 0 Å². The molecule has 0 unspecified atom stereocenters. The van der Waals surface area contributed by atoms with Gasteiger partial charge in [-0.05, 0) is 0 Å². The van der Waals surface area contributed by atoms with E-state index in [1.807, 2.05) is 6.92 Å². The summed E-state index contributed by atoms with van der Waals surface area (Å²) in [5.41, 5.74) is 0. The Morgan fingerprint density at radius 3 is 2.12 bits per heavy atom. The van der Waals surface area contributed by atoms with E-state index in [-0.39, 0.29) is 40.4 Å². The second kappa shape index (κ2) is 8.48. The Morgan fingerprint density at radius 1 is 1.50 bits per heavy atom. The Hall–Kier alpha value is 1.48. The summed E-state index contributed by atoms with van der Waals surface area (Å²) in [7, 11) is 0. The zero-order valence-electron chi connectivity index (χ0n) is 4.49. The molecule has 0 aliphatic heterocycles. The van der Waals surface area contributed by atoms with E-state index < -0.39 is 15.4 Å². The summed E-state index contributed by atoms with van der Waals surface area (Å²) >= 11 is -3.24. The molecule has 0 fully saturated rings. The molecule has 0 rings (SSSR count). The van der Waals surface area contributed by atoms with E-state index in [9.17, 15) is 7.35 Å². The molecule has 8 heavy (non-hydrogen) atoms. The largest absolute Gasteiger partial charge is 0 e. The van der Waals surface area contributed by atoms with Crippen molar-refractivity contribution < 1.29 is 66.8 Å². The van der Waals surface area contributed by atoms with Crippen LogP contribution in [0.15, 0.2) is 0 Å². The van der Waals surface area contributed by atoms with Crippen LogP contribution < -0.4 is 0 Å². The fourth-order valence-electron chi connectivity index (χ4n) is 0.166. The van der Waals surface area contributed by atoms with E-state index in [1.165, 1.54) is 0 Å². The Kier molecular flexibility index (Phi) is 12.9. The summed E-state index contributed by atoms with van der Waals surface area (Å²) in [6.45, 7) is 2.20. The van der Waals surface area contributed by atoms with Gasteiger partial charge in [0.1, 0.15) is 0 Å². The van der Waals surface area contributed by atoms with Crippen molar-refractivity contribution in [3.8, 4) is 0 Å². The smallest absolute Gasteiger partial charge is 0 e. The molecule has 0 saturated carbocycles. The third-order valence-corrected chi connectivity index (χ3v) is 1.02. The van der Waals surface area contributed by atoms with Gasteiger partial charge in [-0.3, -0.25) is 0 Å². The average Bonchev–Trinajstić information content (AvgIpc) is 1.61. The number of rotatable bonds is 3. The third-order valence-electron chi connectivity index (χ3n) is 0.401. The van der Waals surface area contributed by atoms with E-state index in [4.69, 9.17) is 0 Å². The quantitative estimate of drug-likeness (QED) is 0.766. The van der Waals surface area contributed by atoms with Crippen molar-refractivity contribution in [2.45, 2.75) is 13.3 Å². The maximum atomic E-state index is 9.65. The summed E-state index contributed by atoms with van der Waals surface area (Å²) in [6.07, 6.45) is 0.760. The molecule has 0 aliphatic carbocycles. The van der Waals surface area contributed by atoms with E-state index in [2.05, 4.69) is 3.66 Å². The fraction of sp³-hybridized carbons (Fsp3) is 1.00. The van der Waals surface area contributed by atoms with Crippen molar-refractivity contribution >= 4 is 0 Å². The molecule has 48 valence electrons. The van der Waals surface area contributed by atoms with Crippen LogP contribution in [0, 0.1) is 40.4 Å². The Bertz CT molecular complexity index is 92.7. The van der Waals surface area contributed by atoms with Gasteiger partial charge in [-0.1, -0.05) is 0 Å². The predicted octanol–water partition coefficient (Wildman–Crippen LogP) is 0.637. The first-order valence-corrected chi connectivity index (χ1v) is 3.75. The van der Waals surface area contributed by atoms with Crippen LogP contribution in [0.2, 0.25) is 0 Å². The molecule has 0 aromatic carbocycles. The maximum absolute atomic E-state index is 9.65. The molecule has 0 atom stereocenters. The second-order valence-corrected chi connectivity index (χ2v) is 2.16. The van der Waals surface area contributed by atoms with Crippen molar-refractivity contribution in [1.29, 1.82) is 0 Å². The monoisotopic (exact) mass is 294 g/mol. The molecule has 0 bridgehead atoms. The van der Waals surface area contributed by atoms with Crippen molar-refractivity contribution in [3.05, 3.63) is 0 Å². The standard InChI is InChI=1S/C3H7O.2O.Sm.V/c1-2-3-4;;;;/h2-3H2,1H3;;;;/q-1;;;;+1. The van der Waals surface area contributed by atoms with Gasteiger partial charge in [0.05, 0.1) is 0 Å². The molecule has 0 amide bonds. The Labute approximate surface area is 85.6 Å². The minimum Gasteiger partial charge on any atom is 0 e. The summed E-state index contributed by atoms with van der Waals surface area (Å²) in [6, 6.07) is 0. The van der Waals surface area contributed by atoms with Crippen LogP contribution in [-0.4, -0.2) is 6.61 Å².